The van der Waals surface area contributed by atoms with Crippen molar-refractivity contribution in [3.63, 3.8) is 0 Å². The molecule has 1 aromatic carbocycles. The highest BCUT2D eigenvalue weighted by molar-refractivity contribution is 7.89. The quantitative estimate of drug-likeness (QED) is 0.781. The van der Waals surface area contributed by atoms with Gasteiger partial charge in [-0.25, -0.2) is 8.42 Å². The smallest absolute Gasteiger partial charge is 0.243 e. The number of amides is 1. The van der Waals surface area contributed by atoms with Crippen LogP contribution >= 0.6 is 0 Å². The number of carbonyl (C=O) groups is 1. The summed E-state index contributed by atoms with van der Waals surface area (Å²) in [5.74, 6) is 0.0197. The molecule has 2 saturated heterocycles. The molecule has 4 rings (SSSR count). The van der Waals surface area contributed by atoms with Crippen LogP contribution in [-0.4, -0.2) is 67.9 Å². The first-order chi connectivity index (χ1) is 13.5. The Bertz CT molecular complexity index is 978. The summed E-state index contributed by atoms with van der Waals surface area (Å²) in [5, 5.41) is 0.647. The molecule has 2 fully saturated rings. The minimum Gasteiger partial charge on any atom is -0.378 e. The topological polar surface area (TPSA) is 79.8 Å². The van der Waals surface area contributed by atoms with Crippen LogP contribution in [0.2, 0.25) is 0 Å². The van der Waals surface area contributed by atoms with Gasteiger partial charge in [-0.3, -0.25) is 9.78 Å². The SMILES string of the molecule is Cc1ccc(S(=O)(=O)N2CCC(C(=O)N3CCOCC3)CC2)c2cccnc12. The summed E-state index contributed by atoms with van der Waals surface area (Å²) in [6.45, 7) is 5.05. The standard InChI is InChI=1S/C20H25N3O4S/c1-15-4-5-18(17-3-2-8-21-19(15)17)28(25,26)23-9-6-16(7-10-23)20(24)22-11-13-27-14-12-22/h2-5,8,16H,6-7,9-14H2,1H3. The van der Waals surface area contributed by atoms with Crippen LogP contribution in [0.4, 0.5) is 0 Å². The van der Waals surface area contributed by atoms with Gasteiger partial charge >= 0.3 is 0 Å². The van der Waals surface area contributed by atoms with Gasteiger partial charge in [-0.05, 0) is 43.5 Å². The maximum atomic E-state index is 13.3. The fraction of sp³-hybridized carbons (Fsp3) is 0.500. The zero-order valence-electron chi connectivity index (χ0n) is 16.0. The molecule has 0 bridgehead atoms. The van der Waals surface area contributed by atoms with E-state index >= 15 is 0 Å². The summed E-state index contributed by atoms with van der Waals surface area (Å²) in [6.07, 6.45) is 2.78. The molecule has 1 aromatic heterocycles. The van der Waals surface area contributed by atoms with Crippen molar-refractivity contribution in [1.29, 1.82) is 0 Å². The van der Waals surface area contributed by atoms with Crippen molar-refractivity contribution in [2.24, 2.45) is 5.92 Å². The number of hydrogen-bond donors (Lipinski definition) is 0. The summed E-state index contributed by atoms with van der Waals surface area (Å²) >= 11 is 0. The van der Waals surface area contributed by atoms with Crippen molar-refractivity contribution < 1.29 is 17.9 Å². The van der Waals surface area contributed by atoms with Crippen LogP contribution in [0.5, 0.6) is 0 Å². The lowest BCUT2D eigenvalue weighted by atomic mass is 9.96. The summed E-state index contributed by atoms with van der Waals surface area (Å²) in [7, 11) is -3.63. The summed E-state index contributed by atoms with van der Waals surface area (Å²) in [4.78, 5) is 19.2. The number of piperidine rings is 1. The molecule has 28 heavy (non-hydrogen) atoms. The minimum atomic E-state index is -3.63. The van der Waals surface area contributed by atoms with E-state index in [1.54, 1.807) is 30.5 Å². The molecule has 3 heterocycles. The van der Waals surface area contributed by atoms with Gasteiger partial charge in [0.15, 0.2) is 0 Å². The van der Waals surface area contributed by atoms with Crippen molar-refractivity contribution in [1.82, 2.24) is 14.2 Å². The van der Waals surface area contributed by atoms with E-state index in [0.29, 0.717) is 68.0 Å². The second kappa shape index (κ2) is 7.77. The van der Waals surface area contributed by atoms with Crippen LogP contribution < -0.4 is 0 Å². The number of pyridine rings is 1. The van der Waals surface area contributed by atoms with Crippen molar-refractivity contribution in [3.8, 4) is 0 Å². The Balaban J connectivity index is 1.51. The van der Waals surface area contributed by atoms with Gasteiger partial charge in [0, 0.05) is 43.7 Å². The number of carbonyl (C=O) groups excluding carboxylic acids is 1. The molecule has 0 N–H and O–H groups in total. The number of ether oxygens (including phenoxy) is 1. The molecule has 7 nitrogen and oxygen atoms in total. The molecule has 0 radical (unpaired) electrons. The molecular weight excluding hydrogens is 378 g/mol. The number of nitrogens with zero attached hydrogens (tertiary/aromatic N) is 3. The van der Waals surface area contributed by atoms with Crippen LogP contribution in [0, 0.1) is 12.8 Å². The van der Waals surface area contributed by atoms with Crippen LogP contribution in [0.25, 0.3) is 10.9 Å². The molecule has 2 aliphatic heterocycles. The molecule has 0 saturated carbocycles. The molecule has 2 aliphatic rings. The lowest BCUT2D eigenvalue weighted by molar-refractivity contribution is -0.140. The van der Waals surface area contributed by atoms with Crippen molar-refractivity contribution in [2.75, 3.05) is 39.4 Å². The zero-order valence-corrected chi connectivity index (χ0v) is 16.8. The molecule has 0 atom stereocenters. The summed E-state index contributed by atoms with van der Waals surface area (Å²) in [5.41, 5.74) is 1.66. The average molecular weight is 404 g/mol. The maximum absolute atomic E-state index is 13.3. The number of morpholine rings is 1. The molecule has 2 aromatic rings. The molecule has 0 spiro atoms. The predicted octanol–water partition coefficient (Wildman–Crippen LogP) is 1.80. The Kier molecular flexibility index (Phi) is 5.35. The van der Waals surface area contributed by atoms with E-state index in [2.05, 4.69) is 4.98 Å². The van der Waals surface area contributed by atoms with Gasteiger partial charge in [0.25, 0.3) is 0 Å². The second-order valence-corrected chi connectivity index (χ2v) is 9.30. The normalized spacial score (nSPS) is 19.8. The fourth-order valence-electron chi connectivity index (χ4n) is 4.04. The molecular formula is C20H25N3O4S. The lowest BCUT2D eigenvalue weighted by Gasteiger charge is -2.35. The minimum absolute atomic E-state index is 0.110. The van der Waals surface area contributed by atoms with Crippen molar-refractivity contribution >= 4 is 26.8 Å². The predicted molar refractivity (Wildman–Crippen MR) is 105 cm³/mol. The van der Waals surface area contributed by atoms with E-state index in [9.17, 15) is 13.2 Å². The van der Waals surface area contributed by atoms with Gasteiger partial charge in [0.2, 0.25) is 15.9 Å². The first-order valence-electron chi connectivity index (χ1n) is 9.69. The number of benzene rings is 1. The van der Waals surface area contributed by atoms with Gasteiger partial charge in [0.05, 0.1) is 23.6 Å². The van der Waals surface area contributed by atoms with Crippen LogP contribution in [0.1, 0.15) is 18.4 Å². The molecule has 150 valence electrons. The highest BCUT2D eigenvalue weighted by atomic mass is 32.2. The monoisotopic (exact) mass is 403 g/mol. The summed E-state index contributed by atoms with van der Waals surface area (Å²) < 4.78 is 33.4. The van der Waals surface area contributed by atoms with Gasteiger partial charge in [-0.15, -0.1) is 0 Å². The first-order valence-corrected chi connectivity index (χ1v) is 11.1. The number of hydrogen-bond acceptors (Lipinski definition) is 5. The van der Waals surface area contributed by atoms with E-state index < -0.39 is 10.0 Å². The number of aryl methyl sites for hydroxylation is 1. The van der Waals surface area contributed by atoms with E-state index in [4.69, 9.17) is 4.74 Å². The number of rotatable bonds is 3. The van der Waals surface area contributed by atoms with E-state index in [1.165, 1.54) is 4.31 Å². The Labute approximate surface area is 165 Å². The van der Waals surface area contributed by atoms with Crippen LogP contribution in [0.3, 0.4) is 0 Å². The Morgan fingerprint density at radius 1 is 1.11 bits per heavy atom. The Morgan fingerprint density at radius 3 is 2.54 bits per heavy atom. The second-order valence-electron chi connectivity index (χ2n) is 7.40. The van der Waals surface area contributed by atoms with Gasteiger partial charge in [-0.2, -0.15) is 4.31 Å². The third-order valence-corrected chi connectivity index (χ3v) is 7.63. The highest BCUT2D eigenvalue weighted by Crippen LogP contribution is 2.30. The van der Waals surface area contributed by atoms with Gasteiger partial charge in [-0.1, -0.05) is 6.07 Å². The lowest BCUT2D eigenvalue weighted by Crippen LogP contribution is -2.47. The zero-order chi connectivity index (χ0) is 19.7. The van der Waals surface area contributed by atoms with Crippen molar-refractivity contribution in [3.05, 3.63) is 36.0 Å². The Hall–Kier alpha value is -2.03. The fourth-order valence-corrected chi connectivity index (χ4v) is 5.69. The molecule has 0 unspecified atom stereocenters. The maximum Gasteiger partial charge on any atom is 0.243 e. The number of aromatic nitrogens is 1. The molecule has 1 amide bonds. The molecule has 8 heteroatoms. The first kappa shape index (κ1) is 19.3. The number of fused-ring (bicyclic) bond motifs is 1. The van der Waals surface area contributed by atoms with E-state index in [0.717, 1.165) is 5.56 Å². The largest absolute Gasteiger partial charge is 0.378 e. The number of sulfonamides is 1. The van der Waals surface area contributed by atoms with Crippen LogP contribution in [-0.2, 0) is 19.6 Å². The van der Waals surface area contributed by atoms with E-state index in [1.807, 2.05) is 11.8 Å². The summed E-state index contributed by atoms with van der Waals surface area (Å²) in [6, 6.07) is 7.03. The molecule has 0 aliphatic carbocycles. The average Bonchev–Trinajstić information content (AvgIpc) is 2.74. The van der Waals surface area contributed by atoms with Gasteiger partial charge in [0.1, 0.15) is 0 Å². The third kappa shape index (κ3) is 3.52. The van der Waals surface area contributed by atoms with Gasteiger partial charge < -0.3 is 9.64 Å². The highest BCUT2D eigenvalue weighted by Gasteiger charge is 2.34. The van der Waals surface area contributed by atoms with Crippen LogP contribution in [0.15, 0.2) is 35.4 Å². The Morgan fingerprint density at radius 2 is 1.82 bits per heavy atom. The van der Waals surface area contributed by atoms with Crippen molar-refractivity contribution in [2.45, 2.75) is 24.7 Å². The van der Waals surface area contributed by atoms with E-state index in [-0.39, 0.29) is 11.8 Å². The third-order valence-electron chi connectivity index (χ3n) is 5.68.